The van der Waals surface area contributed by atoms with Crippen molar-refractivity contribution in [2.45, 2.75) is 51.0 Å². The molecule has 2 amide bonds. The number of piperidine rings is 1. The number of hydrogen-bond acceptors (Lipinski definition) is 4. The van der Waals surface area contributed by atoms with E-state index in [9.17, 15) is 4.79 Å². The van der Waals surface area contributed by atoms with Crippen LogP contribution in [0.1, 0.15) is 48.9 Å². The molecule has 2 aromatic rings. The number of carbonyl (C=O) groups excluding carboxylic acids is 1. The molecule has 1 aromatic heterocycles. The lowest BCUT2D eigenvalue weighted by atomic mass is 9.83. The zero-order valence-corrected chi connectivity index (χ0v) is 18.1. The highest BCUT2D eigenvalue weighted by Crippen LogP contribution is 2.43. The fourth-order valence-electron chi connectivity index (χ4n) is 4.28. The summed E-state index contributed by atoms with van der Waals surface area (Å²) in [5, 5.41) is 7.98. The Labute approximate surface area is 180 Å². The summed E-state index contributed by atoms with van der Waals surface area (Å²) in [6.45, 7) is 5.88. The molecule has 3 heterocycles. The number of aromatic nitrogens is 1. The van der Waals surface area contributed by atoms with Gasteiger partial charge in [0.25, 0.3) is 0 Å². The fourth-order valence-corrected chi connectivity index (χ4v) is 4.59. The molecule has 2 aliphatic rings. The Bertz CT molecular complexity index is 907. The summed E-state index contributed by atoms with van der Waals surface area (Å²) >= 11 is 12.2. The third-order valence-electron chi connectivity index (χ3n) is 6.16. The van der Waals surface area contributed by atoms with Gasteiger partial charge in [0.1, 0.15) is 0 Å². The molecule has 0 radical (unpaired) electrons. The third-order valence-corrected chi connectivity index (χ3v) is 6.90. The summed E-state index contributed by atoms with van der Waals surface area (Å²) < 4.78 is 11.5. The van der Waals surface area contributed by atoms with Crippen LogP contribution in [0.3, 0.4) is 0 Å². The average molecular weight is 438 g/mol. The van der Waals surface area contributed by atoms with Gasteiger partial charge in [-0.25, -0.2) is 4.79 Å². The van der Waals surface area contributed by atoms with Crippen molar-refractivity contribution < 1.29 is 14.1 Å². The monoisotopic (exact) mass is 437 g/mol. The molecule has 0 saturated carbocycles. The van der Waals surface area contributed by atoms with E-state index in [1.165, 1.54) is 0 Å². The molecule has 2 fully saturated rings. The summed E-state index contributed by atoms with van der Waals surface area (Å²) in [6, 6.07) is 5.64. The minimum Gasteiger partial charge on any atom is -0.374 e. The number of amides is 2. The maximum Gasteiger partial charge on any atom is 0.324 e. The van der Waals surface area contributed by atoms with Crippen LogP contribution in [-0.2, 0) is 11.2 Å². The van der Waals surface area contributed by atoms with Crippen molar-refractivity contribution in [2.24, 2.45) is 0 Å². The Kier molecular flexibility index (Phi) is 5.78. The second-order valence-corrected chi connectivity index (χ2v) is 8.74. The Hall–Kier alpha value is -1.76. The maximum absolute atomic E-state index is 12.6. The summed E-state index contributed by atoms with van der Waals surface area (Å²) in [5.41, 5.74) is 2.73. The van der Waals surface area contributed by atoms with Gasteiger partial charge >= 0.3 is 6.03 Å². The maximum atomic E-state index is 12.6. The summed E-state index contributed by atoms with van der Waals surface area (Å²) in [4.78, 5) is 14.4. The number of likely N-dealkylation sites (tertiary alicyclic amines) is 1. The SMILES string of the molecule is CCc1noc(NC(=O)N2CCC3(CC2)CC(c2ccc(Cl)c(Cl)c2)CO3)c1C. The topological polar surface area (TPSA) is 67.6 Å². The predicted octanol–water partition coefficient (Wildman–Crippen LogP) is 5.42. The smallest absolute Gasteiger partial charge is 0.324 e. The molecule has 6 nitrogen and oxygen atoms in total. The minimum atomic E-state index is -0.176. The minimum absolute atomic E-state index is 0.152. The number of nitrogens with one attached hydrogen (secondary N) is 1. The lowest BCUT2D eigenvalue weighted by molar-refractivity contribution is -0.0355. The van der Waals surface area contributed by atoms with E-state index in [2.05, 4.69) is 10.5 Å². The average Bonchev–Trinajstić information content (AvgIpc) is 3.28. The number of nitrogens with zero attached hydrogens (tertiary/aromatic N) is 2. The van der Waals surface area contributed by atoms with Gasteiger partial charge in [-0.3, -0.25) is 5.32 Å². The van der Waals surface area contributed by atoms with Crippen molar-refractivity contribution in [2.75, 3.05) is 25.0 Å². The van der Waals surface area contributed by atoms with E-state index in [0.717, 1.165) is 42.5 Å². The van der Waals surface area contributed by atoms with Crippen LogP contribution in [0.4, 0.5) is 10.7 Å². The van der Waals surface area contributed by atoms with E-state index >= 15 is 0 Å². The van der Waals surface area contributed by atoms with E-state index in [4.69, 9.17) is 32.5 Å². The fraction of sp³-hybridized carbons (Fsp3) is 0.524. The molecule has 29 heavy (non-hydrogen) atoms. The third kappa shape index (κ3) is 4.11. The van der Waals surface area contributed by atoms with Gasteiger partial charge in [-0.05, 0) is 50.3 Å². The standard InChI is InChI=1S/C21H25Cl2N3O3/c1-3-18-13(2)19(29-25-18)24-20(27)26-8-6-21(7-9-26)11-15(12-28-21)14-4-5-16(22)17(23)10-14/h4-5,10,15H,3,6-9,11-12H2,1-2H3,(H,24,27). The van der Waals surface area contributed by atoms with Crippen molar-refractivity contribution in [3.05, 3.63) is 45.1 Å². The molecule has 1 aromatic carbocycles. The Balaban J connectivity index is 1.34. The van der Waals surface area contributed by atoms with Gasteiger partial charge in [-0.1, -0.05) is 41.3 Å². The van der Waals surface area contributed by atoms with Crippen molar-refractivity contribution in [3.8, 4) is 0 Å². The van der Waals surface area contributed by atoms with Gasteiger partial charge in [-0.2, -0.15) is 0 Å². The zero-order chi connectivity index (χ0) is 20.6. The molecular weight excluding hydrogens is 413 g/mol. The molecule has 4 rings (SSSR count). The molecule has 8 heteroatoms. The summed E-state index contributed by atoms with van der Waals surface area (Å²) in [6.07, 6.45) is 3.33. The summed E-state index contributed by atoms with van der Waals surface area (Å²) in [5.74, 6) is 0.735. The molecule has 0 bridgehead atoms. The highest BCUT2D eigenvalue weighted by atomic mass is 35.5. The van der Waals surface area contributed by atoms with Crippen LogP contribution in [0, 0.1) is 6.92 Å². The molecule has 1 spiro atoms. The van der Waals surface area contributed by atoms with E-state index < -0.39 is 0 Å². The summed E-state index contributed by atoms with van der Waals surface area (Å²) in [7, 11) is 0. The van der Waals surface area contributed by atoms with Crippen LogP contribution < -0.4 is 5.32 Å². The second-order valence-electron chi connectivity index (χ2n) is 7.92. The predicted molar refractivity (Wildman–Crippen MR) is 113 cm³/mol. The van der Waals surface area contributed by atoms with E-state index in [-0.39, 0.29) is 11.6 Å². The van der Waals surface area contributed by atoms with Crippen molar-refractivity contribution in [1.29, 1.82) is 0 Å². The molecule has 2 aliphatic heterocycles. The lowest BCUT2D eigenvalue weighted by Crippen LogP contribution is -2.47. The number of anilines is 1. The molecule has 1 N–H and O–H groups in total. The van der Waals surface area contributed by atoms with Gasteiger partial charge < -0.3 is 14.2 Å². The second kappa shape index (κ2) is 8.17. The Morgan fingerprint density at radius 2 is 2.07 bits per heavy atom. The molecule has 2 saturated heterocycles. The lowest BCUT2D eigenvalue weighted by Gasteiger charge is -2.38. The van der Waals surface area contributed by atoms with Crippen molar-refractivity contribution >= 4 is 35.1 Å². The number of rotatable bonds is 3. The first-order valence-corrected chi connectivity index (χ1v) is 10.8. The number of urea groups is 1. The van der Waals surface area contributed by atoms with Crippen LogP contribution in [0.5, 0.6) is 0 Å². The van der Waals surface area contributed by atoms with Gasteiger partial charge in [0, 0.05) is 24.6 Å². The number of hydrogen-bond donors (Lipinski definition) is 1. The van der Waals surface area contributed by atoms with Crippen molar-refractivity contribution in [1.82, 2.24) is 10.1 Å². The normalized spacial score (nSPS) is 21.0. The number of ether oxygens (including phenoxy) is 1. The molecule has 1 unspecified atom stereocenters. The Morgan fingerprint density at radius 3 is 2.72 bits per heavy atom. The number of aryl methyl sites for hydroxylation is 1. The highest BCUT2D eigenvalue weighted by molar-refractivity contribution is 6.42. The van der Waals surface area contributed by atoms with Gasteiger partial charge in [0.2, 0.25) is 5.88 Å². The highest BCUT2D eigenvalue weighted by Gasteiger charge is 2.44. The van der Waals surface area contributed by atoms with Crippen LogP contribution in [0.2, 0.25) is 10.0 Å². The molecular formula is C21H25Cl2N3O3. The van der Waals surface area contributed by atoms with E-state index in [1.54, 1.807) is 0 Å². The Morgan fingerprint density at radius 1 is 1.31 bits per heavy atom. The number of carbonyl (C=O) groups is 1. The molecule has 1 atom stereocenters. The largest absolute Gasteiger partial charge is 0.374 e. The first kappa shape index (κ1) is 20.5. The van der Waals surface area contributed by atoms with Crippen LogP contribution in [0.15, 0.2) is 22.7 Å². The van der Waals surface area contributed by atoms with Crippen LogP contribution in [-0.4, -0.2) is 41.4 Å². The first-order chi connectivity index (χ1) is 13.9. The van der Waals surface area contributed by atoms with Gasteiger partial charge in [0.15, 0.2) is 0 Å². The van der Waals surface area contributed by atoms with E-state index in [1.807, 2.05) is 36.9 Å². The van der Waals surface area contributed by atoms with Crippen molar-refractivity contribution in [3.63, 3.8) is 0 Å². The van der Waals surface area contributed by atoms with Crippen LogP contribution in [0.25, 0.3) is 0 Å². The van der Waals surface area contributed by atoms with Crippen LogP contribution >= 0.6 is 23.2 Å². The zero-order valence-electron chi connectivity index (χ0n) is 16.6. The number of benzene rings is 1. The molecule has 0 aliphatic carbocycles. The van der Waals surface area contributed by atoms with Gasteiger partial charge in [-0.15, -0.1) is 0 Å². The van der Waals surface area contributed by atoms with Gasteiger partial charge in [0.05, 0.1) is 27.9 Å². The van der Waals surface area contributed by atoms with E-state index in [0.29, 0.717) is 41.5 Å². The molecule has 156 valence electrons. The number of halogens is 2. The quantitative estimate of drug-likeness (QED) is 0.695. The first-order valence-electron chi connectivity index (χ1n) is 10.0.